The summed E-state index contributed by atoms with van der Waals surface area (Å²) in [5, 5.41) is 9.25. The lowest BCUT2D eigenvalue weighted by molar-refractivity contribution is -0.143. The van der Waals surface area contributed by atoms with E-state index in [1.807, 2.05) is 11.7 Å². The molecular weight excluding hydrogens is 366 g/mol. The van der Waals surface area contributed by atoms with Gasteiger partial charge >= 0.3 is 5.97 Å². The van der Waals surface area contributed by atoms with E-state index in [0.717, 1.165) is 34.7 Å². The number of rotatable bonds is 2. The molecule has 0 unspecified atom stereocenters. The highest BCUT2D eigenvalue weighted by molar-refractivity contribution is 7.99. The van der Waals surface area contributed by atoms with Crippen LogP contribution in [0.2, 0.25) is 0 Å². The minimum absolute atomic E-state index is 0.0692. The molecule has 0 amide bonds. The van der Waals surface area contributed by atoms with Crippen molar-refractivity contribution in [3.05, 3.63) is 38.9 Å². The van der Waals surface area contributed by atoms with Crippen LogP contribution in [-0.2, 0) is 29.2 Å². The average molecular weight is 387 g/mol. The van der Waals surface area contributed by atoms with Crippen LogP contribution in [0, 0.1) is 0 Å². The number of methoxy groups -OCH3 is 1. The summed E-state index contributed by atoms with van der Waals surface area (Å²) in [6.07, 6.45) is 4.04. The lowest BCUT2D eigenvalue weighted by Crippen LogP contribution is -2.37. The zero-order valence-electron chi connectivity index (χ0n) is 15.3. The molecule has 0 bridgehead atoms. The largest absolute Gasteiger partial charge is 0.467 e. The molecular formula is C18H21N5O3S. The molecule has 1 atom stereocenters. The molecule has 1 aliphatic carbocycles. The first-order chi connectivity index (χ1) is 13.1. The summed E-state index contributed by atoms with van der Waals surface area (Å²) >= 11 is 1.60. The van der Waals surface area contributed by atoms with Crippen molar-refractivity contribution in [2.24, 2.45) is 0 Å². The van der Waals surface area contributed by atoms with Crippen LogP contribution in [0.4, 0.5) is 0 Å². The van der Waals surface area contributed by atoms with E-state index in [-0.39, 0.29) is 11.5 Å². The Morgan fingerprint density at radius 3 is 2.81 bits per heavy atom. The highest BCUT2D eigenvalue weighted by atomic mass is 32.2. The third kappa shape index (κ3) is 2.63. The molecule has 0 spiro atoms. The van der Waals surface area contributed by atoms with Crippen LogP contribution in [0.25, 0.3) is 0 Å². The Hall–Kier alpha value is -2.13. The quantitative estimate of drug-likeness (QED) is 0.715. The minimum Gasteiger partial charge on any atom is -0.467 e. The molecule has 2 aliphatic heterocycles. The summed E-state index contributed by atoms with van der Waals surface area (Å²) in [6.45, 7) is 1.80. The molecule has 142 valence electrons. The Morgan fingerprint density at radius 1 is 1.26 bits per heavy atom. The van der Waals surface area contributed by atoms with E-state index >= 15 is 0 Å². The molecule has 9 heteroatoms. The van der Waals surface area contributed by atoms with Crippen molar-refractivity contribution in [3.8, 4) is 0 Å². The van der Waals surface area contributed by atoms with Crippen LogP contribution in [0.3, 0.4) is 0 Å². The lowest BCUT2D eigenvalue weighted by Gasteiger charge is -2.26. The van der Waals surface area contributed by atoms with Crippen molar-refractivity contribution in [2.75, 3.05) is 19.9 Å². The van der Waals surface area contributed by atoms with E-state index in [2.05, 4.69) is 15.2 Å². The van der Waals surface area contributed by atoms with E-state index < -0.39 is 6.04 Å². The molecule has 3 aliphatic rings. The fourth-order valence-corrected chi connectivity index (χ4v) is 5.58. The van der Waals surface area contributed by atoms with Gasteiger partial charge < -0.3 is 4.74 Å². The zero-order valence-corrected chi connectivity index (χ0v) is 16.2. The Kier molecular flexibility index (Phi) is 3.90. The van der Waals surface area contributed by atoms with E-state index in [4.69, 9.17) is 4.74 Å². The Morgan fingerprint density at radius 2 is 2.07 bits per heavy atom. The number of nitrogens with zero attached hydrogens (tertiary/aromatic N) is 5. The molecule has 0 radical (unpaired) electrons. The number of pyridine rings is 1. The molecule has 8 nitrogen and oxygen atoms in total. The van der Waals surface area contributed by atoms with Crippen molar-refractivity contribution in [2.45, 2.75) is 49.5 Å². The number of ether oxygens (including phenoxy) is 1. The molecule has 0 N–H and O–H groups in total. The summed E-state index contributed by atoms with van der Waals surface area (Å²) in [5.41, 5.74) is 4.06. The number of esters is 1. The van der Waals surface area contributed by atoms with Gasteiger partial charge in [-0.3, -0.25) is 14.3 Å². The first kappa shape index (κ1) is 17.0. The van der Waals surface area contributed by atoms with Gasteiger partial charge in [0.25, 0.3) is 5.56 Å². The second-order valence-electron chi connectivity index (χ2n) is 7.53. The fourth-order valence-electron chi connectivity index (χ4n) is 4.18. The van der Waals surface area contributed by atoms with Crippen LogP contribution in [0.15, 0.2) is 16.0 Å². The van der Waals surface area contributed by atoms with Crippen molar-refractivity contribution in [3.63, 3.8) is 0 Å². The fraction of sp³-hybridized carbons (Fsp3) is 0.556. The summed E-state index contributed by atoms with van der Waals surface area (Å²) in [6, 6.07) is -0.539. The highest BCUT2D eigenvalue weighted by Gasteiger charge is 2.40. The van der Waals surface area contributed by atoms with Gasteiger partial charge in [-0.1, -0.05) is 5.21 Å². The first-order valence-electron chi connectivity index (χ1n) is 9.15. The number of thioether (sulfide) groups is 1. The molecule has 4 heterocycles. The minimum atomic E-state index is -0.539. The number of hydrogen-bond acceptors (Lipinski definition) is 7. The van der Waals surface area contributed by atoms with Gasteiger partial charge in [-0.2, -0.15) is 0 Å². The maximum atomic E-state index is 13.5. The van der Waals surface area contributed by atoms with Crippen molar-refractivity contribution in [1.29, 1.82) is 0 Å². The van der Waals surface area contributed by atoms with Crippen LogP contribution in [0.1, 0.15) is 47.2 Å². The SMILES string of the molecule is COC(=O)[C@@H]1CSc2c(C3CC3)c3c(c(=O)n21)CN(C)Cc1cnnn1C3. The van der Waals surface area contributed by atoms with Crippen molar-refractivity contribution < 1.29 is 9.53 Å². The molecule has 2 aromatic rings. The predicted molar refractivity (Wildman–Crippen MR) is 98.7 cm³/mol. The van der Waals surface area contributed by atoms with Crippen LogP contribution in [0.5, 0.6) is 0 Å². The number of carbonyl (C=O) groups is 1. The maximum absolute atomic E-state index is 13.5. The Bertz CT molecular complexity index is 994. The molecule has 0 aromatic carbocycles. The number of fused-ring (bicyclic) bond motifs is 3. The number of aromatic nitrogens is 4. The number of hydrogen-bond donors (Lipinski definition) is 0. The zero-order chi connectivity index (χ0) is 18.7. The van der Waals surface area contributed by atoms with Crippen molar-refractivity contribution >= 4 is 17.7 Å². The second-order valence-corrected chi connectivity index (χ2v) is 8.54. The van der Waals surface area contributed by atoms with E-state index in [1.54, 1.807) is 22.5 Å². The predicted octanol–water partition coefficient (Wildman–Crippen LogP) is 1.13. The molecule has 5 rings (SSSR count). The third-order valence-corrected chi connectivity index (χ3v) is 6.80. The Labute approximate surface area is 160 Å². The van der Waals surface area contributed by atoms with Gasteiger partial charge in [-0.15, -0.1) is 16.9 Å². The third-order valence-electron chi connectivity index (χ3n) is 5.63. The smallest absolute Gasteiger partial charge is 0.329 e. The summed E-state index contributed by atoms with van der Waals surface area (Å²) in [5.74, 6) is 0.665. The van der Waals surface area contributed by atoms with Crippen LogP contribution >= 0.6 is 11.8 Å². The summed E-state index contributed by atoms with van der Waals surface area (Å²) in [7, 11) is 3.37. The molecule has 27 heavy (non-hydrogen) atoms. The first-order valence-corrected chi connectivity index (χ1v) is 10.1. The monoisotopic (exact) mass is 387 g/mol. The van der Waals surface area contributed by atoms with Crippen LogP contribution in [-0.4, -0.2) is 50.3 Å². The Balaban J connectivity index is 1.76. The van der Waals surface area contributed by atoms with Gasteiger partial charge in [0.05, 0.1) is 30.6 Å². The molecule has 1 fully saturated rings. The van der Waals surface area contributed by atoms with Gasteiger partial charge in [-0.05, 0) is 36.9 Å². The topological polar surface area (TPSA) is 82.2 Å². The van der Waals surface area contributed by atoms with Gasteiger partial charge in [0.1, 0.15) is 6.04 Å². The van der Waals surface area contributed by atoms with Gasteiger partial charge in [0, 0.05) is 24.4 Å². The van der Waals surface area contributed by atoms with Crippen molar-refractivity contribution in [1.82, 2.24) is 24.5 Å². The molecule has 2 aromatic heterocycles. The highest BCUT2D eigenvalue weighted by Crippen LogP contribution is 2.49. The number of carbonyl (C=O) groups excluding carboxylic acids is 1. The molecule has 0 saturated heterocycles. The normalized spacial score (nSPS) is 21.8. The van der Waals surface area contributed by atoms with E-state index in [9.17, 15) is 9.59 Å². The maximum Gasteiger partial charge on any atom is 0.329 e. The van der Waals surface area contributed by atoms with Gasteiger partial charge in [-0.25, -0.2) is 9.48 Å². The second kappa shape index (κ2) is 6.20. The van der Waals surface area contributed by atoms with E-state index in [0.29, 0.717) is 31.3 Å². The lowest BCUT2D eigenvalue weighted by atomic mass is 9.98. The standard InChI is InChI=1S/C18H21N5O3S/c1-21-6-11-5-19-20-22(11)8-12-13(7-21)16(24)23-14(18(25)26-2)9-27-17(23)15(12)10-3-4-10/h5,10,14H,3-4,6-9H2,1-2H3/t14-/m0/s1. The van der Waals surface area contributed by atoms with Gasteiger partial charge in [0.15, 0.2) is 0 Å². The van der Waals surface area contributed by atoms with Gasteiger partial charge in [0.2, 0.25) is 0 Å². The average Bonchev–Trinajstić information content (AvgIpc) is 3.24. The summed E-state index contributed by atoms with van der Waals surface area (Å²) < 4.78 is 8.56. The van der Waals surface area contributed by atoms with Crippen LogP contribution < -0.4 is 5.56 Å². The summed E-state index contributed by atoms with van der Waals surface area (Å²) in [4.78, 5) is 27.8. The van der Waals surface area contributed by atoms with E-state index in [1.165, 1.54) is 12.7 Å². The molecule has 1 saturated carbocycles.